The van der Waals surface area contributed by atoms with Gasteiger partial charge in [-0.15, -0.1) is 0 Å². The minimum Gasteiger partial charge on any atom is -0.256 e. The van der Waals surface area contributed by atoms with E-state index < -0.39 is 0 Å². The molecule has 1 aliphatic heterocycles. The summed E-state index contributed by atoms with van der Waals surface area (Å²) < 4.78 is 1.05. The molecule has 0 fully saturated rings. The van der Waals surface area contributed by atoms with Gasteiger partial charge in [-0.2, -0.15) is 0 Å². The van der Waals surface area contributed by atoms with E-state index in [1.807, 2.05) is 6.07 Å². The summed E-state index contributed by atoms with van der Waals surface area (Å²) in [7, 11) is 0. The number of hydrogen-bond acceptors (Lipinski definition) is 1. The van der Waals surface area contributed by atoms with Gasteiger partial charge in [0, 0.05) is 16.6 Å². The monoisotopic (exact) mass is 257 g/mol. The predicted molar refractivity (Wildman–Crippen MR) is 56.1 cm³/mol. The van der Waals surface area contributed by atoms with Gasteiger partial charge in [0.05, 0.1) is 5.69 Å². The first-order valence-electron chi connectivity index (χ1n) is 3.60. The minimum atomic E-state index is 1.05. The molecule has 1 aromatic rings. The first-order chi connectivity index (χ1) is 5.40. The van der Waals surface area contributed by atoms with Crippen LogP contribution in [-0.2, 0) is 6.42 Å². The van der Waals surface area contributed by atoms with Crippen LogP contribution in [0.3, 0.4) is 0 Å². The van der Waals surface area contributed by atoms with Gasteiger partial charge < -0.3 is 0 Å². The molecule has 56 valence electrons. The van der Waals surface area contributed by atoms with Gasteiger partial charge >= 0.3 is 0 Å². The first kappa shape index (κ1) is 7.28. The SMILES string of the molecule is ICC1=Nc2ccccc2C1. The number of benzene rings is 1. The highest BCUT2D eigenvalue weighted by Crippen LogP contribution is 2.26. The Labute approximate surface area is 79.7 Å². The van der Waals surface area contributed by atoms with Crippen molar-refractivity contribution in [2.75, 3.05) is 4.43 Å². The summed E-state index contributed by atoms with van der Waals surface area (Å²) in [4.78, 5) is 4.48. The molecule has 2 heteroatoms. The fourth-order valence-corrected chi connectivity index (χ4v) is 1.72. The molecule has 0 unspecified atom stereocenters. The molecule has 0 N–H and O–H groups in total. The van der Waals surface area contributed by atoms with Crippen LogP contribution in [-0.4, -0.2) is 10.1 Å². The normalized spacial score (nSPS) is 14.5. The van der Waals surface area contributed by atoms with Gasteiger partial charge in [0.15, 0.2) is 0 Å². The largest absolute Gasteiger partial charge is 0.256 e. The zero-order chi connectivity index (χ0) is 7.68. The number of para-hydroxylation sites is 1. The van der Waals surface area contributed by atoms with Crippen molar-refractivity contribution >= 4 is 34.0 Å². The van der Waals surface area contributed by atoms with E-state index in [-0.39, 0.29) is 0 Å². The molecular formula is C9H8IN. The van der Waals surface area contributed by atoms with Crippen LogP contribution in [0, 0.1) is 0 Å². The average molecular weight is 257 g/mol. The van der Waals surface area contributed by atoms with E-state index in [9.17, 15) is 0 Å². The van der Waals surface area contributed by atoms with Crippen molar-refractivity contribution in [2.24, 2.45) is 4.99 Å². The Kier molecular flexibility index (Phi) is 1.94. The number of alkyl halides is 1. The second-order valence-electron chi connectivity index (χ2n) is 2.62. The third kappa shape index (κ3) is 1.31. The minimum absolute atomic E-state index is 1.05. The van der Waals surface area contributed by atoms with Crippen LogP contribution in [0.1, 0.15) is 5.56 Å². The molecule has 0 aromatic heterocycles. The molecule has 0 saturated carbocycles. The van der Waals surface area contributed by atoms with E-state index in [4.69, 9.17) is 0 Å². The fourth-order valence-electron chi connectivity index (χ4n) is 1.28. The summed E-state index contributed by atoms with van der Waals surface area (Å²) in [5, 5.41) is 0. The summed E-state index contributed by atoms with van der Waals surface area (Å²) in [6, 6.07) is 8.34. The summed E-state index contributed by atoms with van der Waals surface area (Å²) in [5.41, 5.74) is 3.84. The molecule has 0 spiro atoms. The Morgan fingerprint density at radius 2 is 2.18 bits per heavy atom. The fraction of sp³-hybridized carbons (Fsp3) is 0.222. The molecule has 2 rings (SSSR count). The smallest absolute Gasteiger partial charge is 0.0665 e. The maximum atomic E-state index is 4.48. The second kappa shape index (κ2) is 2.93. The lowest BCUT2D eigenvalue weighted by Gasteiger charge is -1.92. The van der Waals surface area contributed by atoms with Crippen LogP contribution in [0.2, 0.25) is 0 Å². The lowest BCUT2D eigenvalue weighted by molar-refractivity contribution is 1.39. The van der Waals surface area contributed by atoms with E-state index >= 15 is 0 Å². The highest BCUT2D eigenvalue weighted by atomic mass is 127. The Hall–Kier alpha value is -0.380. The third-order valence-electron chi connectivity index (χ3n) is 1.82. The van der Waals surface area contributed by atoms with Crippen LogP contribution in [0.4, 0.5) is 5.69 Å². The van der Waals surface area contributed by atoms with Crippen molar-refractivity contribution in [3.05, 3.63) is 29.8 Å². The van der Waals surface area contributed by atoms with Crippen molar-refractivity contribution in [1.29, 1.82) is 0 Å². The van der Waals surface area contributed by atoms with Gasteiger partial charge in [0.2, 0.25) is 0 Å². The number of aliphatic imine (C=N–C) groups is 1. The van der Waals surface area contributed by atoms with E-state index in [0.717, 1.165) is 10.8 Å². The van der Waals surface area contributed by atoms with Crippen LogP contribution in [0.5, 0.6) is 0 Å². The van der Waals surface area contributed by atoms with E-state index in [1.54, 1.807) is 0 Å². The second-order valence-corrected chi connectivity index (χ2v) is 3.38. The quantitative estimate of drug-likeness (QED) is 0.542. The molecule has 0 saturated heterocycles. The Morgan fingerprint density at radius 1 is 1.36 bits per heavy atom. The maximum absolute atomic E-state index is 4.48. The highest BCUT2D eigenvalue weighted by Gasteiger charge is 2.11. The van der Waals surface area contributed by atoms with E-state index in [1.165, 1.54) is 17.0 Å². The van der Waals surface area contributed by atoms with Gasteiger partial charge in [-0.05, 0) is 11.6 Å². The summed E-state index contributed by atoms with van der Waals surface area (Å²) in [6.07, 6.45) is 1.05. The van der Waals surface area contributed by atoms with Gasteiger partial charge in [0.1, 0.15) is 0 Å². The van der Waals surface area contributed by atoms with E-state index in [0.29, 0.717) is 0 Å². The lowest BCUT2D eigenvalue weighted by Crippen LogP contribution is -1.97. The Bertz CT molecular complexity index is 304. The molecule has 1 aliphatic rings. The number of fused-ring (bicyclic) bond motifs is 1. The molecule has 0 radical (unpaired) electrons. The molecule has 0 bridgehead atoms. The number of nitrogens with zero attached hydrogens (tertiary/aromatic N) is 1. The van der Waals surface area contributed by atoms with Crippen LogP contribution in [0.25, 0.3) is 0 Å². The molecular weight excluding hydrogens is 249 g/mol. The molecule has 11 heavy (non-hydrogen) atoms. The Balaban J connectivity index is 2.39. The van der Waals surface area contributed by atoms with Crippen molar-refractivity contribution in [1.82, 2.24) is 0 Å². The Morgan fingerprint density at radius 3 is 2.91 bits per heavy atom. The number of hydrogen-bond donors (Lipinski definition) is 0. The van der Waals surface area contributed by atoms with Gasteiger partial charge in [-0.3, -0.25) is 4.99 Å². The van der Waals surface area contributed by atoms with Gasteiger partial charge in [0.25, 0.3) is 0 Å². The van der Waals surface area contributed by atoms with Gasteiger partial charge in [-0.25, -0.2) is 0 Å². The van der Waals surface area contributed by atoms with Crippen LogP contribution in [0.15, 0.2) is 29.3 Å². The first-order valence-corrected chi connectivity index (χ1v) is 5.13. The van der Waals surface area contributed by atoms with Crippen molar-refractivity contribution < 1.29 is 0 Å². The van der Waals surface area contributed by atoms with Crippen molar-refractivity contribution in [3.63, 3.8) is 0 Å². The standard InChI is InChI=1S/C9H8IN/c10-6-8-5-7-3-1-2-4-9(7)11-8/h1-4H,5-6H2. The molecule has 1 heterocycles. The predicted octanol–water partition coefficient (Wildman–Crippen LogP) is 2.75. The lowest BCUT2D eigenvalue weighted by atomic mass is 10.1. The third-order valence-corrected chi connectivity index (χ3v) is 2.70. The van der Waals surface area contributed by atoms with E-state index in [2.05, 4.69) is 45.8 Å². The highest BCUT2D eigenvalue weighted by molar-refractivity contribution is 14.1. The van der Waals surface area contributed by atoms with Crippen LogP contribution >= 0.6 is 22.6 Å². The molecule has 1 nitrogen and oxygen atoms in total. The van der Waals surface area contributed by atoms with Crippen molar-refractivity contribution in [3.8, 4) is 0 Å². The van der Waals surface area contributed by atoms with Crippen molar-refractivity contribution in [2.45, 2.75) is 6.42 Å². The molecule has 0 amide bonds. The number of halogens is 1. The summed E-state index contributed by atoms with van der Waals surface area (Å²) >= 11 is 2.36. The van der Waals surface area contributed by atoms with Gasteiger partial charge in [-0.1, -0.05) is 40.8 Å². The molecule has 0 aliphatic carbocycles. The number of rotatable bonds is 1. The molecule has 1 aromatic carbocycles. The molecule has 0 atom stereocenters. The zero-order valence-corrected chi connectivity index (χ0v) is 8.21. The van der Waals surface area contributed by atoms with Crippen LogP contribution < -0.4 is 0 Å². The summed E-state index contributed by atoms with van der Waals surface area (Å²) in [5.74, 6) is 0. The maximum Gasteiger partial charge on any atom is 0.0665 e. The topological polar surface area (TPSA) is 12.4 Å². The summed E-state index contributed by atoms with van der Waals surface area (Å²) in [6.45, 7) is 0. The zero-order valence-electron chi connectivity index (χ0n) is 6.05. The average Bonchev–Trinajstić information content (AvgIpc) is 2.46.